The first-order chi connectivity index (χ1) is 16.0. The third-order valence-electron chi connectivity index (χ3n) is 5.96. The van der Waals surface area contributed by atoms with Crippen molar-refractivity contribution in [3.8, 4) is 0 Å². The molecule has 0 aromatic heterocycles. The smallest absolute Gasteiger partial charge is 0.330 e. The number of amides is 3. The lowest BCUT2D eigenvalue weighted by atomic mass is 9.92. The second-order valence-electron chi connectivity index (χ2n) is 9.49. The third-order valence-corrected chi connectivity index (χ3v) is 5.96. The molecular weight excluding hydrogens is 432 g/mol. The van der Waals surface area contributed by atoms with Crippen LogP contribution in [-0.4, -0.2) is 41.2 Å². The molecule has 3 rings (SSSR count). The van der Waals surface area contributed by atoms with Crippen molar-refractivity contribution >= 4 is 29.4 Å². The van der Waals surface area contributed by atoms with E-state index in [1.165, 1.54) is 0 Å². The number of fused-ring (bicyclic) bond motifs is 1. The van der Waals surface area contributed by atoms with Gasteiger partial charge in [0.2, 0.25) is 0 Å². The third kappa shape index (κ3) is 4.88. The van der Waals surface area contributed by atoms with Gasteiger partial charge in [-0.2, -0.15) is 0 Å². The predicted octanol–water partition coefficient (Wildman–Crippen LogP) is 4.74. The van der Waals surface area contributed by atoms with Crippen molar-refractivity contribution < 1.29 is 23.9 Å². The average molecular weight is 465 g/mol. The first-order valence-corrected chi connectivity index (χ1v) is 11.6. The van der Waals surface area contributed by atoms with E-state index in [1.807, 2.05) is 45.9 Å². The zero-order chi connectivity index (χ0) is 25.2. The maximum absolute atomic E-state index is 13.0. The Bertz CT molecular complexity index is 1060. The summed E-state index contributed by atoms with van der Waals surface area (Å²) in [5.41, 5.74) is 3.24. The lowest BCUT2D eigenvalue weighted by Crippen LogP contribution is -2.49. The highest BCUT2D eigenvalue weighted by atomic mass is 16.5. The van der Waals surface area contributed by atoms with Gasteiger partial charge < -0.3 is 10.1 Å². The van der Waals surface area contributed by atoms with Crippen molar-refractivity contribution in [1.82, 2.24) is 4.90 Å². The standard InChI is InChI=1S/C27H32N2O5/c1-15(2)18-12-9-13-19(16(3)4)23(18)28-22(30)14-34-27(33)24(17(5)6)29-25(31)20-10-7-8-11-21(20)26(29)32/h7-13,15-17,24H,14H2,1-6H3,(H,28,30)/t24-/m0/s1. The Labute approximate surface area is 200 Å². The minimum Gasteiger partial charge on any atom is -0.454 e. The lowest BCUT2D eigenvalue weighted by Gasteiger charge is -2.27. The van der Waals surface area contributed by atoms with Gasteiger partial charge in [-0.05, 0) is 41.0 Å². The number of imide groups is 1. The largest absolute Gasteiger partial charge is 0.454 e. The van der Waals surface area contributed by atoms with Crippen molar-refractivity contribution in [1.29, 1.82) is 0 Å². The van der Waals surface area contributed by atoms with Gasteiger partial charge in [0, 0.05) is 5.69 Å². The maximum Gasteiger partial charge on any atom is 0.330 e. The van der Waals surface area contributed by atoms with Gasteiger partial charge in [-0.15, -0.1) is 0 Å². The second-order valence-corrected chi connectivity index (χ2v) is 9.49. The Morgan fingerprint density at radius 2 is 1.32 bits per heavy atom. The molecule has 0 saturated carbocycles. The summed E-state index contributed by atoms with van der Waals surface area (Å²) in [6, 6.07) is 11.2. The quantitative estimate of drug-likeness (QED) is 0.450. The molecule has 1 aliphatic heterocycles. The number of benzene rings is 2. The Balaban J connectivity index is 1.75. The minimum absolute atomic E-state index is 0.190. The van der Waals surface area contributed by atoms with E-state index in [0.29, 0.717) is 0 Å². The van der Waals surface area contributed by atoms with Gasteiger partial charge in [-0.25, -0.2) is 4.79 Å². The molecule has 0 aliphatic carbocycles. The molecule has 0 saturated heterocycles. The second kappa shape index (κ2) is 10.2. The zero-order valence-electron chi connectivity index (χ0n) is 20.5. The van der Waals surface area contributed by atoms with Gasteiger partial charge in [0.25, 0.3) is 17.7 Å². The molecule has 0 fully saturated rings. The normalized spacial score (nSPS) is 14.1. The number of nitrogens with one attached hydrogen (secondary N) is 1. The summed E-state index contributed by atoms with van der Waals surface area (Å²) in [4.78, 5) is 52.4. The Morgan fingerprint density at radius 3 is 1.76 bits per heavy atom. The molecule has 0 spiro atoms. The van der Waals surface area contributed by atoms with Gasteiger partial charge in [0.1, 0.15) is 6.04 Å². The van der Waals surface area contributed by atoms with E-state index >= 15 is 0 Å². The summed E-state index contributed by atoms with van der Waals surface area (Å²) in [6.07, 6.45) is 0. The highest BCUT2D eigenvalue weighted by Crippen LogP contribution is 2.32. The molecular formula is C27H32N2O5. The van der Waals surface area contributed by atoms with Crippen LogP contribution in [0.4, 0.5) is 5.69 Å². The number of carbonyl (C=O) groups is 4. The number of hydrogen-bond donors (Lipinski definition) is 1. The number of carbonyl (C=O) groups excluding carboxylic acids is 4. The van der Waals surface area contributed by atoms with E-state index in [0.717, 1.165) is 21.7 Å². The monoisotopic (exact) mass is 464 g/mol. The van der Waals surface area contributed by atoms with Gasteiger partial charge in [-0.1, -0.05) is 71.9 Å². The number of ether oxygens (including phenoxy) is 1. The lowest BCUT2D eigenvalue weighted by molar-refractivity contribution is -0.152. The minimum atomic E-state index is -1.13. The van der Waals surface area contributed by atoms with Crippen molar-refractivity contribution in [2.75, 3.05) is 11.9 Å². The van der Waals surface area contributed by atoms with Crippen LogP contribution in [0.1, 0.15) is 85.2 Å². The van der Waals surface area contributed by atoms with Gasteiger partial charge >= 0.3 is 5.97 Å². The molecule has 7 heteroatoms. The van der Waals surface area contributed by atoms with Crippen LogP contribution < -0.4 is 5.32 Å². The van der Waals surface area contributed by atoms with Crippen LogP contribution in [0.15, 0.2) is 42.5 Å². The molecule has 3 amide bonds. The Morgan fingerprint density at radius 1 is 0.824 bits per heavy atom. The van der Waals surface area contributed by atoms with Crippen LogP contribution in [0, 0.1) is 5.92 Å². The summed E-state index contributed by atoms with van der Waals surface area (Å²) in [7, 11) is 0. The Hall–Kier alpha value is -3.48. The number of esters is 1. The molecule has 1 heterocycles. The van der Waals surface area contributed by atoms with Crippen LogP contribution in [-0.2, 0) is 14.3 Å². The summed E-state index contributed by atoms with van der Waals surface area (Å²) in [6.45, 7) is 11.1. The summed E-state index contributed by atoms with van der Waals surface area (Å²) in [5, 5.41) is 2.90. The Kier molecular flexibility index (Phi) is 7.54. The van der Waals surface area contributed by atoms with Crippen LogP contribution in [0.25, 0.3) is 0 Å². The molecule has 0 bridgehead atoms. The fourth-order valence-corrected chi connectivity index (χ4v) is 4.23. The van der Waals surface area contributed by atoms with Crippen LogP contribution >= 0.6 is 0 Å². The molecule has 1 N–H and O–H groups in total. The van der Waals surface area contributed by atoms with E-state index in [4.69, 9.17) is 4.74 Å². The average Bonchev–Trinajstić information content (AvgIpc) is 3.03. The van der Waals surface area contributed by atoms with Crippen LogP contribution in [0.3, 0.4) is 0 Å². The molecule has 2 aromatic rings. The van der Waals surface area contributed by atoms with Gasteiger partial charge in [-0.3, -0.25) is 19.3 Å². The number of hydrogen-bond acceptors (Lipinski definition) is 5. The van der Waals surface area contributed by atoms with Gasteiger partial charge in [0.05, 0.1) is 11.1 Å². The summed E-state index contributed by atoms with van der Waals surface area (Å²) >= 11 is 0. The van der Waals surface area contributed by atoms with E-state index in [-0.39, 0.29) is 23.0 Å². The van der Waals surface area contributed by atoms with Gasteiger partial charge in [0.15, 0.2) is 6.61 Å². The highest BCUT2D eigenvalue weighted by molar-refractivity contribution is 6.22. The van der Waals surface area contributed by atoms with E-state index in [9.17, 15) is 19.2 Å². The molecule has 2 aromatic carbocycles. The maximum atomic E-state index is 13.0. The summed E-state index contributed by atoms with van der Waals surface area (Å²) in [5.74, 6) is -2.35. The molecule has 0 unspecified atom stereocenters. The molecule has 180 valence electrons. The van der Waals surface area contributed by atoms with E-state index in [2.05, 4.69) is 5.32 Å². The number of anilines is 1. The molecule has 34 heavy (non-hydrogen) atoms. The first kappa shape index (κ1) is 25.1. The highest BCUT2D eigenvalue weighted by Gasteiger charge is 2.44. The molecule has 7 nitrogen and oxygen atoms in total. The molecule has 1 atom stereocenters. The van der Waals surface area contributed by atoms with Crippen LogP contribution in [0.5, 0.6) is 0 Å². The van der Waals surface area contributed by atoms with Crippen molar-refractivity contribution in [2.24, 2.45) is 5.92 Å². The number of nitrogens with zero attached hydrogens (tertiary/aromatic N) is 1. The predicted molar refractivity (Wildman–Crippen MR) is 130 cm³/mol. The topological polar surface area (TPSA) is 92.8 Å². The van der Waals surface area contributed by atoms with E-state index in [1.54, 1.807) is 38.1 Å². The zero-order valence-corrected chi connectivity index (χ0v) is 20.5. The van der Waals surface area contributed by atoms with Crippen molar-refractivity contribution in [3.05, 3.63) is 64.7 Å². The fourth-order valence-electron chi connectivity index (χ4n) is 4.23. The van der Waals surface area contributed by atoms with Crippen LogP contribution in [0.2, 0.25) is 0 Å². The van der Waals surface area contributed by atoms with Crippen molar-refractivity contribution in [2.45, 2.75) is 59.4 Å². The fraction of sp³-hybridized carbons (Fsp3) is 0.407. The SMILES string of the molecule is CC(C)c1cccc(C(C)C)c1NC(=O)COC(=O)[C@H](C(C)C)N1C(=O)c2ccccc2C1=O. The number of rotatable bonds is 8. The summed E-state index contributed by atoms with van der Waals surface area (Å²) < 4.78 is 5.31. The number of para-hydroxylation sites is 1. The van der Waals surface area contributed by atoms with Crippen molar-refractivity contribution in [3.63, 3.8) is 0 Å². The molecule has 1 aliphatic rings. The first-order valence-electron chi connectivity index (χ1n) is 11.6. The molecule has 0 radical (unpaired) electrons. The van der Waals surface area contributed by atoms with E-state index < -0.39 is 42.3 Å².